The lowest BCUT2D eigenvalue weighted by molar-refractivity contribution is -0.115. The number of carbonyl (C=O) groups excluding carboxylic acids is 1. The highest BCUT2D eigenvalue weighted by molar-refractivity contribution is 8.26. The standard InChI is InChI=1S/C17H12FNO2S2/c18-13-7-3-1-6-12(13)10-21-14-8-4-2-5-11(14)9-15-16(20)19-17(22)23-15/h1-9H,10H2,(H,19,20,22)/b15-9+. The number of halogens is 1. The van der Waals surface area contributed by atoms with E-state index in [1.54, 1.807) is 30.3 Å². The maximum absolute atomic E-state index is 13.7. The van der Waals surface area contributed by atoms with E-state index < -0.39 is 0 Å². The molecule has 3 nitrogen and oxygen atoms in total. The summed E-state index contributed by atoms with van der Waals surface area (Å²) in [6.45, 7) is 0.116. The average Bonchev–Trinajstić information content (AvgIpc) is 2.85. The van der Waals surface area contributed by atoms with Crippen LogP contribution >= 0.6 is 24.0 Å². The Bertz CT molecular complexity index is 805. The van der Waals surface area contributed by atoms with Crippen LogP contribution in [0.4, 0.5) is 4.39 Å². The van der Waals surface area contributed by atoms with Crippen molar-refractivity contribution in [2.75, 3.05) is 0 Å². The minimum atomic E-state index is -0.306. The van der Waals surface area contributed by atoms with Crippen LogP contribution in [-0.2, 0) is 11.4 Å². The largest absolute Gasteiger partial charge is 0.488 e. The summed E-state index contributed by atoms with van der Waals surface area (Å²) in [5.74, 6) is 0.0535. The fourth-order valence-electron chi connectivity index (χ4n) is 2.06. The van der Waals surface area contributed by atoms with Crippen LogP contribution in [0.5, 0.6) is 5.75 Å². The molecule has 0 aromatic heterocycles. The van der Waals surface area contributed by atoms with Crippen LogP contribution in [0.15, 0.2) is 53.4 Å². The normalized spacial score (nSPS) is 15.8. The van der Waals surface area contributed by atoms with Crippen molar-refractivity contribution < 1.29 is 13.9 Å². The molecule has 0 unspecified atom stereocenters. The van der Waals surface area contributed by atoms with Gasteiger partial charge < -0.3 is 10.1 Å². The number of hydrogen-bond acceptors (Lipinski definition) is 4. The molecular formula is C17H12FNO2S2. The van der Waals surface area contributed by atoms with Crippen LogP contribution in [-0.4, -0.2) is 10.2 Å². The van der Waals surface area contributed by atoms with Crippen molar-refractivity contribution in [2.45, 2.75) is 6.61 Å². The molecule has 2 aromatic carbocycles. The summed E-state index contributed by atoms with van der Waals surface area (Å²) in [5.41, 5.74) is 1.22. The molecule has 6 heteroatoms. The fraction of sp³-hybridized carbons (Fsp3) is 0.0588. The first kappa shape index (κ1) is 15.7. The molecule has 1 heterocycles. The average molecular weight is 345 g/mol. The van der Waals surface area contributed by atoms with Gasteiger partial charge in [-0.05, 0) is 18.2 Å². The number of benzene rings is 2. The minimum Gasteiger partial charge on any atom is -0.488 e. The van der Waals surface area contributed by atoms with Crippen molar-refractivity contribution in [1.29, 1.82) is 0 Å². The van der Waals surface area contributed by atoms with Gasteiger partial charge in [-0.3, -0.25) is 4.79 Å². The Morgan fingerprint density at radius 1 is 1.17 bits per heavy atom. The van der Waals surface area contributed by atoms with Crippen LogP contribution in [0.3, 0.4) is 0 Å². The molecule has 1 amide bonds. The van der Waals surface area contributed by atoms with E-state index in [0.717, 1.165) is 5.56 Å². The number of amides is 1. The highest BCUT2D eigenvalue weighted by Crippen LogP contribution is 2.29. The van der Waals surface area contributed by atoms with Crippen LogP contribution < -0.4 is 10.1 Å². The number of thiocarbonyl (C=S) groups is 1. The zero-order valence-electron chi connectivity index (χ0n) is 11.9. The Hall–Kier alpha value is -2.18. The van der Waals surface area contributed by atoms with Gasteiger partial charge in [-0.15, -0.1) is 0 Å². The minimum absolute atomic E-state index is 0.116. The van der Waals surface area contributed by atoms with Crippen molar-refractivity contribution >= 4 is 40.3 Å². The van der Waals surface area contributed by atoms with E-state index in [4.69, 9.17) is 17.0 Å². The van der Waals surface area contributed by atoms with E-state index in [1.165, 1.54) is 17.8 Å². The number of ether oxygens (including phenoxy) is 1. The van der Waals surface area contributed by atoms with Crippen molar-refractivity contribution in [3.63, 3.8) is 0 Å². The van der Waals surface area contributed by atoms with Crippen molar-refractivity contribution in [1.82, 2.24) is 5.32 Å². The molecule has 1 N–H and O–H groups in total. The van der Waals surface area contributed by atoms with Gasteiger partial charge in [0.05, 0.1) is 4.91 Å². The van der Waals surface area contributed by atoms with Gasteiger partial charge in [0.15, 0.2) is 0 Å². The third-order valence-electron chi connectivity index (χ3n) is 3.19. The summed E-state index contributed by atoms with van der Waals surface area (Å²) < 4.78 is 19.8. The second-order valence-electron chi connectivity index (χ2n) is 4.77. The van der Waals surface area contributed by atoms with Gasteiger partial charge in [-0.2, -0.15) is 0 Å². The predicted molar refractivity (Wildman–Crippen MR) is 93.5 cm³/mol. The Labute approximate surface area is 142 Å². The molecule has 0 aliphatic carbocycles. The van der Waals surface area contributed by atoms with Crippen LogP contribution in [0.2, 0.25) is 0 Å². The first-order valence-electron chi connectivity index (χ1n) is 6.83. The van der Waals surface area contributed by atoms with E-state index in [0.29, 0.717) is 20.5 Å². The van der Waals surface area contributed by atoms with Crippen molar-refractivity contribution in [3.8, 4) is 5.75 Å². The zero-order chi connectivity index (χ0) is 16.2. The van der Waals surface area contributed by atoms with Gasteiger partial charge in [0.1, 0.15) is 22.5 Å². The lowest BCUT2D eigenvalue weighted by Gasteiger charge is -2.10. The molecule has 1 fully saturated rings. The second kappa shape index (κ2) is 6.93. The summed E-state index contributed by atoms with van der Waals surface area (Å²) in [6, 6.07) is 13.7. The molecule has 3 rings (SSSR count). The smallest absolute Gasteiger partial charge is 0.263 e. The van der Waals surface area contributed by atoms with Gasteiger partial charge in [0, 0.05) is 11.1 Å². The van der Waals surface area contributed by atoms with Gasteiger partial charge in [-0.25, -0.2) is 4.39 Å². The highest BCUT2D eigenvalue weighted by atomic mass is 32.2. The third kappa shape index (κ3) is 3.78. The molecule has 1 saturated heterocycles. The summed E-state index contributed by atoms with van der Waals surface area (Å²) in [7, 11) is 0. The predicted octanol–water partition coefficient (Wildman–Crippen LogP) is 3.89. The van der Waals surface area contributed by atoms with Crippen molar-refractivity contribution in [3.05, 3.63) is 70.4 Å². The SMILES string of the molecule is O=C1NC(=S)S/C1=C/c1ccccc1OCc1ccccc1F. The molecule has 1 aliphatic rings. The first-order chi connectivity index (χ1) is 11.1. The topological polar surface area (TPSA) is 38.3 Å². The highest BCUT2D eigenvalue weighted by Gasteiger charge is 2.22. The quantitative estimate of drug-likeness (QED) is 0.674. The summed E-state index contributed by atoms with van der Waals surface area (Å²) in [5, 5.41) is 2.57. The Morgan fingerprint density at radius 2 is 1.91 bits per heavy atom. The number of hydrogen-bond donors (Lipinski definition) is 1. The molecule has 0 saturated carbocycles. The fourth-order valence-corrected chi connectivity index (χ4v) is 3.10. The summed E-state index contributed by atoms with van der Waals surface area (Å²) in [4.78, 5) is 12.3. The van der Waals surface area contributed by atoms with E-state index in [1.807, 2.05) is 18.2 Å². The second-order valence-corrected chi connectivity index (χ2v) is 6.49. The van der Waals surface area contributed by atoms with Crippen LogP contribution in [0, 0.1) is 5.82 Å². The van der Waals surface area contributed by atoms with E-state index in [-0.39, 0.29) is 18.3 Å². The van der Waals surface area contributed by atoms with Gasteiger partial charge in [-0.1, -0.05) is 60.4 Å². The molecule has 0 bridgehead atoms. The lowest BCUT2D eigenvalue weighted by Crippen LogP contribution is -2.17. The number of carbonyl (C=O) groups is 1. The van der Waals surface area contributed by atoms with Gasteiger partial charge >= 0.3 is 0 Å². The molecule has 1 aliphatic heterocycles. The Balaban J connectivity index is 1.81. The zero-order valence-corrected chi connectivity index (χ0v) is 13.5. The summed E-state index contributed by atoms with van der Waals surface area (Å²) >= 11 is 6.18. The van der Waals surface area contributed by atoms with E-state index in [9.17, 15) is 9.18 Å². The van der Waals surface area contributed by atoms with Gasteiger partial charge in [0.25, 0.3) is 5.91 Å². The number of para-hydroxylation sites is 1. The summed E-state index contributed by atoms with van der Waals surface area (Å²) in [6.07, 6.45) is 1.72. The molecule has 23 heavy (non-hydrogen) atoms. The Kier molecular flexibility index (Phi) is 4.73. The van der Waals surface area contributed by atoms with Gasteiger partial charge in [0.2, 0.25) is 0 Å². The van der Waals surface area contributed by atoms with E-state index in [2.05, 4.69) is 5.32 Å². The van der Waals surface area contributed by atoms with Crippen LogP contribution in [0.1, 0.15) is 11.1 Å². The molecular weight excluding hydrogens is 333 g/mol. The number of rotatable bonds is 4. The monoisotopic (exact) mass is 345 g/mol. The lowest BCUT2D eigenvalue weighted by atomic mass is 10.1. The molecule has 116 valence electrons. The Morgan fingerprint density at radius 3 is 2.65 bits per heavy atom. The van der Waals surface area contributed by atoms with Crippen molar-refractivity contribution in [2.24, 2.45) is 0 Å². The maximum atomic E-state index is 13.7. The number of thioether (sulfide) groups is 1. The third-order valence-corrected chi connectivity index (χ3v) is 4.35. The molecule has 0 radical (unpaired) electrons. The molecule has 0 atom stereocenters. The van der Waals surface area contributed by atoms with E-state index >= 15 is 0 Å². The first-order valence-corrected chi connectivity index (χ1v) is 8.06. The molecule has 2 aromatic rings. The maximum Gasteiger partial charge on any atom is 0.263 e. The van der Waals surface area contributed by atoms with Crippen LogP contribution in [0.25, 0.3) is 6.08 Å². The molecule has 0 spiro atoms. The number of nitrogens with one attached hydrogen (secondary N) is 1.